The van der Waals surface area contributed by atoms with Crippen molar-refractivity contribution in [3.8, 4) is 34.6 Å². The van der Waals surface area contributed by atoms with Crippen molar-refractivity contribution >= 4 is 41.2 Å². The Morgan fingerprint density at radius 2 is 1.12 bits per heavy atom. The Labute approximate surface area is 406 Å². The number of carbonyl (C=O) groups is 7. The van der Waals surface area contributed by atoms with Crippen LogP contribution in [0.1, 0.15) is 86.2 Å². The third-order valence-electron chi connectivity index (χ3n) is 8.69. The van der Waals surface area contributed by atoms with Gasteiger partial charge in [-0.2, -0.15) is 0 Å². The lowest BCUT2D eigenvalue weighted by atomic mass is 10.1. The largest absolute Gasteiger partial charge is 0.476 e. The second kappa shape index (κ2) is 27.8. The summed E-state index contributed by atoms with van der Waals surface area (Å²) in [7, 11) is 0. The Morgan fingerprint density at radius 1 is 0.625 bits per heavy atom. The highest BCUT2D eigenvalue weighted by molar-refractivity contribution is 6.38. The number of rotatable bonds is 17. The normalized spacial score (nSPS) is 10.1. The van der Waals surface area contributed by atoms with E-state index in [-0.39, 0.29) is 41.1 Å². The summed E-state index contributed by atoms with van der Waals surface area (Å²) in [6.07, 6.45) is 13.0. The summed E-state index contributed by atoms with van der Waals surface area (Å²) in [6.45, 7) is 6.56. The van der Waals surface area contributed by atoms with Crippen LogP contribution in [0, 0.1) is 0 Å². The maximum Gasteiger partial charge on any atom is 0.375 e. The Bertz CT molecular complexity index is 3010. The second-order valence-corrected chi connectivity index (χ2v) is 13.9. The van der Waals surface area contributed by atoms with Crippen LogP contribution in [0.2, 0.25) is 0 Å². The van der Waals surface area contributed by atoms with Gasteiger partial charge in [0.25, 0.3) is 5.91 Å². The fourth-order valence-electron chi connectivity index (χ4n) is 5.35. The Hall–Kier alpha value is -9.87. The van der Waals surface area contributed by atoms with E-state index in [1.165, 1.54) is 62.5 Å². The molecule has 72 heavy (non-hydrogen) atoms. The highest BCUT2D eigenvalue weighted by Crippen LogP contribution is 2.22. The lowest BCUT2D eigenvalue weighted by Gasteiger charge is -2.03. The number of nitrogens with one attached hydrogen (secondary N) is 1. The second-order valence-electron chi connectivity index (χ2n) is 13.9. The smallest absolute Gasteiger partial charge is 0.375 e. The van der Waals surface area contributed by atoms with Crippen molar-refractivity contribution in [1.29, 1.82) is 0 Å². The zero-order valence-electron chi connectivity index (χ0n) is 38.5. The molecule has 24 nitrogen and oxygen atoms in total. The molecule has 9 rings (SSSR count). The van der Waals surface area contributed by atoms with Crippen molar-refractivity contribution in [3.63, 3.8) is 0 Å². The van der Waals surface area contributed by atoms with E-state index >= 15 is 0 Å². The third kappa shape index (κ3) is 16.7. The molecule has 0 atom stereocenters. The number of imidazole rings is 1. The van der Waals surface area contributed by atoms with Crippen LogP contribution in [0.25, 0.3) is 34.6 Å². The van der Waals surface area contributed by atoms with Crippen molar-refractivity contribution in [1.82, 2.24) is 30.3 Å². The van der Waals surface area contributed by atoms with Crippen molar-refractivity contribution in [2.75, 3.05) is 19.8 Å². The van der Waals surface area contributed by atoms with Crippen LogP contribution in [0.15, 0.2) is 165 Å². The molecule has 0 aliphatic heterocycles. The van der Waals surface area contributed by atoms with Crippen molar-refractivity contribution < 1.29 is 83.8 Å². The first kappa shape index (κ1) is 53.1. The molecule has 0 unspecified atom stereocenters. The van der Waals surface area contributed by atoms with E-state index in [1.807, 2.05) is 10.8 Å². The number of aromatic nitrogens is 5. The van der Waals surface area contributed by atoms with Crippen molar-refractivity contribution in [2.24, 2.45) is 0 Å². The number of esters is 2. The molecule has 9 aromatic rings. The molecule has 0 aliphatic rings. The molecule has 9 heterocycles. The average Bonchev–Trinajstić information content (AvgIpc) is 4.21. The number of ketones is 3. The predicted octanol–water partition coefficient (Wildman–Crippen LogP) is 8.16. The predicted molar refractivity (Wildman–Crippen MR) is 243 cm³/mol. The molecule has 0 bridgehead atoms. The summed E-state index contributed by atoms with van der Waals surface area (Å²) >= 11 is 0. The van der Waals surface area contributed by atoms with Crippen LogP contribution < -0.4 is 5.32 Å². The molecule has 0 aromatic carbocycles. The first-order valence-corrected chi connectivity index (χ1v) is 21.3. The quantitative estimate of drug-likeness (QED) is 0.0285. The van der Waals surface area contributed by atoms with Crippen LogP contribution in [0.4, 0.5) is 0 Å². The summed E-state index contributed by atoms with van der Waals surface area (Å²) in [4.78, 5) is 81.3. The highest BCUT2D eigenvalue weighted by atomic mass is 16.5. The minimum atomic E-state index is -1.12. The van der Waals surface area contributed by atoms with E-state index < -0.39 is 35.9 Å². The lowest BCUT2D eigenvalue weighted by Crippen LogP contribution is -2.25. The van der Waals surface area contributed by atoms with Crippen LogP contribution in [0.3, 0.4) is 0 Å². The van der Waals surface area contributed by atoms with Gasteiger partial charge in [-0.3, -0.25) is 19.2 Å². The number of amides is 1. The molecule has 374 valence electrons. The maximum absolute atomic E-state index is 11.9. The fraction of sp³-hybridized carbons (Fsp3) is 0.188. The zero-order valence-corrected chi connectivity index (χ0v) is 38.5. The molecule has 0 spiro atoms. The number of hydrogen-bond acceptors (Lipinski definition) is 21. The molecule has 2 N–H and O–H groups in total. The van der Waals surface area contributed by atoms with Crippen LogP contribution in [0.5, 0.6) is 0 Å². The standard InChI is InChI=1S/C14H14N4O3.C10H9NO4.C10H10O5.C8H5NO4.C6H6O2/c19-14(16-4-2-6-18-7-5-15-10-18)11-9-13(21-17-11)12-3-1-8-20-12;1-2-13-10(12)7-6-9(15-11-7)8-4-3-5-14-8;1-2-14-10(13)8(12)6-7(11)9-4-3-5-15-9;10-8(11)5-4-7(13-9-5)6-2-1-3-12-6;1-5(7)6-3-2-4-8-6/h1,3,5,7-10H,2,4,6H2,(H,16,19);3-6H,2H2,1H3;3-5H,2,6H2,1H3;1-4H,(H,10,11);2-4H,1H3. The van der Waals surface area contributed by atoms with Crippen LogP contribution >= 0.6 is 0 Å². The Morgan fingerprint density at radius 3 is 1.57 bits per heavy atom. The topological polar surface area (TPSA) is 332 Å². The molecule has 9 aromatic heterocycles. The molecule has 0 saturated heterocycles. The maximum atomic E-state index is 11.9. The zero-order chi connectivity index (χ0) is 51.7. The summed E-state index contributed by atoms with van der Waals surface area (Å²) in [6, 6.07) is 20.9. The molecule has 0 saturated carbocycles. The molecular formula is C48H44N6O18. The number of Topliss-reactive ketones (excluding diaryl/α,β-unsaturated/α-hetero) is 3. The van der Waals surface area contributed by atoms with E-state index in [1.54, 1.807) is 81.0 Å². The van der Waals surface area contributed by atoms with E-state index in [0.717, 1.165) is 13.0 Å². The number of carbonyl (C=O) groups excluding carboxylic acids is 6. The number of aromatic carboxylic acids is 1. The minimum absolute atomic E-state index is 0.0324. The lowest BCUT2D eigenvalue weighted by molar-refractivity contribution is -0.153. The van der Waals surface area contributed by atoms with Gasteiger partial charge in [-0.25, -0.2) is 19.4 Å². The van der Waals surface area contributed by atoms with Gasteiger partial charge in [0, 0.05) is 50.6 Å². The summed E-state index contributed by atoms with van der Waals surface area (Å²) < 4.78 is 50.7. The number of nitrogens with zero attached hydrogens (tertiary/aromatic N) is 5. The number of hydrogen-bond donors (Lipinski definition) is 2. The van der Waals surface area contributed by atoms with E-state index in [2.05, 4.69) is 30.5 Å². The summed E-state index contributed by atoms with van der Waals surface area (Å²) in [5, 5.41) is 22.0. The Balaban J connectivity index is 0.000000172. The number of ether oxygens (including phenoxy) is 2. The molecule has 0 radical (unpaired) electrons. The monoisotopic (exact) mass is 992 g/mol. The minimum Gasteiger partial charge on any atom is -0.476 e. The van der Waals surface area contributed by atoms with Gasteiger partial charge in [0.05, 0.1) is 57.3 Å². The van der Waals surface area contributed by atoms with Crippen LogP contribution in [-0.4, -0.2) is 91.1 Å². The molecule has 0 aliphatic carbocycles. The van der Waals surface area contributed by atoms with Gasteiger partial charge in [-0.05, 0) is 80.9 Å². The van der Waals surface area contributed by atoms with Gasteiger partial charge >= 0.3 is 17.9 Å². The first-order chi connectivity index (χ1) is 34.9. The number of furan rings is 5. The van der Waals surface area contributed by atoms with Gasteiger partial charge < -0.3 is 60.1 Å². The molecular weight excluding hydrogens is 949 g/mol. The number of carboxylic acids is 1. The van der Waals surface area contributed by atoms with Gasteiger partial charge in [0.15, 0.2) is 51.7 Å². The van der Waals surface area contributed by atoms with Gasteiger partial charge in [-0.15, -0.1) is 0 Å². The number of aryl methyl sites for hydroxylation is 1. The first-order valence-electron chi connectivity index (χ1n) is 21.3. The van der Waals surface area contributed by atoms with Crippen molar-refractivity contribution in [3.05, 3.63) is 158 Å². The molecule has 0 fully saturated rings. The van der Waals surface area contributed by atoms with E-state index in [9.17, 15) is 33.6 Å². The summed E-state index contributed by atoms with van der Waals surface area (Å²) in [5.41, 5.74) is 0.249. The van der Waals surface area contributed by atoms with Gasteiger partial charge in [-0.1, -0.05) is 15.5 Å². The highest BCUT2D eigenvalue weighted by Gasteiger charge is 2.21. The van der Waals surface area contributed by atoms with E-state index in [4.69, 9.17) is 45.5 Å². The molecule has 1 amide bonds. The number of carboxylic acid groups (broad SMARTS) is 1. The Kier molecular flexibility index (Phi) is 20.5. The van der Waals surface area contributed by atoms with Gasteiger partial charge in [0.1, 0.15) is 0 Å². The van der Waals surface area contributed by atoms with Crippen LogP contribution in [-0.2, 0) is 25.6 Å². The fourth-order valence-corrected chi connectivity index (χ4v) is 5.35. The third-order valence-corrected chi connectivity index (χ3v) is 8.69. The average molecular weight is 993 g/mol. The van der Waals surface area contributed by atoms with Gasteiger partial charge in [0.2, 0.25) is 28.8 Å². The SMILES string of the molecule is CC(=O)c1ccco1.CCOC(=O)C(=O)CC(=O)c1ccco1.CCOC(=O)c1cc(-c2ccco2)on1.O=C(NCCCn1ccnc1)c1cc(-c2ccco2)on1.O=C(O)c1cc(-c2ccco2)on1. The molecule has 24 heteroatoms. The van der Waals surface area contributed by atoms with E-state index in [0.29, 0.717) is 53.5 Å². The summed E-state index contributed by atoms with van der Waals surface area (Å²) in [5.74, 6) is -1.14. The van der Waals surface area contributed by atoms with Crippen molar-refractivity contribution in [2.45, 2.75) is 40.2 Å².